The molecule has 3 N–H and O–H groups in total. The van der Waals surface area contributed by atoms with E-state index >= 15 is 0 Å². The SMILES string of the molecule is CN=C(NCCNS(C)(=O)=O)NCCc1ccccc1OC.I. The molecule has 1 aromatic rings. The van der Waals surface area contributed by atoms with Crippen molar-refractivity contribution >= 4 is 40.0 Å². The highest BCUT2D eigenvalue weighted by Gasteiger charge is 2.03. The molecule has 132 valence electrons. The number of nitrogens with one attached hydrogen (secondary N) is 3. The number of halogens is 1. The average molecular weight is 456 g/mol. The Morgan fingerprint density at radius 3 is 2.43 bits per heavy atom. The average Bonchev–Trinajstić information content (AvgIpc) is 2.49. The molecule has 0 aliphatic heterocycles. The van der Waals surface area contributed by atoms with Gasteiger partial charge in [-0.3, -0.25) is 4.99 Å². The molecule has 9 heteroatoms. The van der Waals surface area contributed by atoms with Crippen molar-refractivity contribution in [1.82, 2.24) is 15.4 Å². The third-order valence-electron chi connectivity index (χ3n) is 2.88. The molecule has 0 fully saturated rings. The molecule has 0 atom stereocenters. The summed E-state index contributed by atoms with van der Waals surface area (Å²) in [6.07, 6.45) is 1.93. The molecule has 0 bridgehead atoms. The number of ether oxygens (including phenoxy) is 1. The predicted molar refractivity (Wildman–Crippen MR) is 104 cm³/mol. The van der Waals surface area contributed by atoms with E-state index < -0.39 is 10.0 Å². The zero-order chi connectivity index (χ0) is 16.4. The zero-order valence-electron chi connectivity index (χ0n) is 13.6. The van der Waals surface area contributed by atoms with E-state index in [-0.39, 0.29) is 24.0 Å². The Balaban J connectivity index is 0.00000484. The Hall–Kier alpha value is -1.07. The van der Waals surface area contributed by atoms with Gasteiger partial charge in [-0.25, -0.2) is 13.1 Å². The van der Waals surface area contributed by atoms with Gasteiger partial charge in [0.1, 0.15) is 5.75 Å². The fourth-order valence-electron chi connectivity index (χ4n) is 1.86. The number of guanidine groups is 1. The van der Waals surface area contributed by atoms with Gasteiger partial charge in [-0.05, 0) is 18.1 Å². The van der Waals surface area contributed by atoms with Gasteiger partial charge in [0, 0.05) is 26.7 Å². The van der Waals surface area contributed by atoms with E-state index in [1.165, 1.54) is 0 Å². The zero-order valence-corrected chi connectivity index (χ0v) is 16.8. The summed E-state index contributed by atoms with van der Waals surface area (Å²) >= 11 is 0. The lowest BCUT2D eigenvalue weighted by molar-refractivity contribution is 0.409. The van der Waals surface area contributed by atoms with Gasteiger partial charge in [-0.1, -0.05) is 18.2 Å². The summed E-state index contributed by atoms with van der Waals surface area (Å²) < 4.78 is 29.6. The Bertz CT molecular complexity index is 593. The number of hydrogen-bond acceptors (Lipinski definition) is 4. The molecule has 0 heterocycles. The van der Waals surface area contributed by atoms with E-state index in [0.717, 1.165) is 24.0 Å². The summed E-state index contributed by atoms with van der Waals surface area (Å²) in [5, 5.41) is 6.21. The van der Waals surface area contributed by atoms with Crippen LogP contribution in [0.3, 0.4) is 0 Å². The van der Waals surface area contributed by atoms with Crippen LogP contribution in [0.4, 0.5) is 0 Å². The highest BCUT2D eigenvalue weighted by Crippen LogP contribution is 2.17. The minimum Gasteiger partial charge on any atom is -0.496 e. The number of rotatable bonds is 8. The van der Waals surface area contributed by atoms with E-state index in [1.54, 1.807) is 14.2 Å². The molecule has 0 aliphatic carbocycles. The van der Waals surface area contributed by atoms with Crippen LogP contribution in [0.5, 0.6) is 5.75 Å². The van der Waals surface area contributed by atoms with Gasteiger partial charge in [-0.2, -0.15) is 0 Å². The fraction of sp³-hybridized carbons (Fsp3) is 0.500. The second-order valence-corrected chi connectivity index (χ2v) is 6.49. The number of sulfonamides is 1. The molecule has 1 aromatic carbocycles. The van der Waals surface area contributed by atoms with Crippen molar-refractivity contribution in [3.8, 4) is 5.75 Å². The first-order valence-electron chi connectivity index (χ1n) is 6.97. The van der Waals surface area contributed by atoms with Crippen molar-refractivity contribution in [3.05, 3.63) is 29.8 Å². The highest BCUT2D eigenvalue weighted by atomic mass is 127. The van der Waals surface area contributed by atoms with E-state index in [9.17, 15) is 8.42 Å². The normalized spacial score (nSPS) is 11.5. The quantitative estimate of drug-likeness (QED) is 0.230. The first-order valence-corrected chi connectivity index (χ1v) is 8.86. The fourth-order valence-corrected chi connectivity index (χ4v) is 2.34. The maximum absolute atomic E-state index is 10.9. The van der Waals surface area contributed by atoms with Gasteiger partial charge in [0.25, 0.3) is 0 Å². The van der Waals surface area contributed by atoms with Crippen LogP contribution in [0.1, 0.15) is 5.56 Å². The summed E-state index contributed by atoms with van der Waals surface area (Å²) in [6, 6.07) is 7.86. The molecule has 0 aliphatic rings. The molecule has 23 heavy (non-hydrogen) atoms. The predicted octanol–water partition coefficient (Wildman–Crippen LogP) is 0.570. The van der Waals surface area contributed by atoms with Gasteiger partial charge in [0.05, 0.1) is 13.4 Å². The van der Waals surface area contributed by atoms with E-state index in [0.29, 0.717) is 25.6 Å². The van der Waals surface area contributed by atoms with Gasteiger partial charge >= 0.3 is 0 Å². The Morgan fingerprint density at radius 1 is 1.17 bits per heavy atom. The monoisotopic (exact) mass is 456 g/mol. The molecule has 0 spiro atoms. The standard InChI is InChI=1S/C14H24N4O3S.HI/c1-15-14(17-10-11-18-22(3,19)20)16-9-8-12-6-4-5-7-13(12)21-2;/h4-7,18H,8-11H2,1-3H3,(H2,15,16,17);1H. The number of benzene rings is 1. The summed E-state index contributed by atoms with van der Waals surface area (Å²) in [5.74, 6) is 1.50. The molecule has 0 saturated carbocycles. The molecule has 0 unspecified atom stereocenters. The second kappa shape index (κ2) is 11.5. The summed E-state index contributed by atoms with van der Waals surface area (Å²) in [5.41, 5.74) is 1.12. The van der Waals surface area contributed by atoms with Crippen molar-refractivity contribution in [2.75, 3.05) is 40.0 Å². The molecular formula is C14H25IN4O3S. The molecule has 1 rings (SSSR count). The maximum Gasteiger partial charge on any atom is 0.208 e. The lowest BCUT2D eigenvalue weighted by atomic mass is 10.1. The largest absolute Gasteiger partial charge is 0.496 e. The van der Waals surface area contributed by atoms with Crippen LogP contribution in [0.25, 0.3) is 0 Å². The van der Waals surface area contributed by atoms with Crippen LogP contribution in [-0.2, 0) is 16.4 Å². The summed E-state index contributed by atoms with van der Waals surface area (Å²) in [4.78, 5) is 4.08. The molecule has 0 amide bonds. The number of para-hydroxylation sites is 1. The third kappa shape index (κ3) is 9.61. The first kappa shape index (κ1) is 21.9. The molecule has 0 aromatic heterocycles. The van der Waals surface area contributed by atoms with Crippen molar-refractivity contribution in [2.24, 2.45) is 4.99 Å². The van der Waals surface area contributed by atoms with E-state index in [4.69, 9.17) is 4.74 Å². The Morgan fingerprint density at radius 2 is 1.83 bits per heavy atom. The first-order chi connectivity index (χ1) is 10.5. The summed E-state index contributed by atoms with van der Waals surface area (Å²) in [6.45, 7) is 1.47. The molecular weight excluding hydrogens is 431 g/mol. The third-order valence-corrected chi connectivity index (χ3v) is 3.61. The molecule has 0 radical (unpaired) electrons. The Labute approximate surface area is 155 Å². The lowest BCUT2D eigenvalue weighted by Crippen LogP contribution is -2.42. The van der Waals surface area contributed by atoms with Gasteiger partial charge in [0.2, 0.25) is 10.0 Å². The van der Waals surface area contributed by atoms with Gasteiger partial charge < -0.3 is 15.4 Å². The summed E-state index contributed by atoms with van der Waals surface area (Å²) in [7, 11) is 0.170. The lowest BCUT2D eigenvalue weighted by Gasteiger charge is -2.13. The minimum atomic E-state index is -3.15. The smallest absolute Gasteiger partial charge is 0.208 e. The number of nitrogens with zero attached hydrogens (tertiary/aromatic N) is 1. The van der Waals surface area contributed by atoms with Crippen molar-refractivity contribution in [3.63, 3.8) is 0 Å². The van der Waals surface area contributed by atoms with Crippen LogP contribution >= 0.6 is 24.0 Å². The number of methoxy groups -OCH3 is 1. The maximum atomic E-state index is 10.9. The van der Waals surface area contributed by atoms with Crippen LogP contribution < -0.4 is 20.1 Å². The number of aliphatic imine (C=N–C) groups is 1. The van der Waals surface area contributed by atoms with Crippen LogP contribution in [0.15, 0.2) is 29.3 Å². The number of hydrogen-bond donors (Lipinski definition) is 3. The van der Waals surface area contributed by atoms with Crippen molar-refractivity contribution in [2.45, 2.75) is 6.42 Å². The van der Waals surface area contributed by atoms with Gasteiger partial charge in [0.15, 0.2) is 5.96 Å². The second-order valence-electron chi connectivity index (χ2n) is 4.65. The molecule has 0 saturated heterocycles. The van der Waals surface area contributed by atoms with Crippen molar-refractivity contribution < 1.29 is 13.2 Å². The topological polar surface area (TPSA) is 91.8 Å². The minimum absolute atomic E-state index is 0. The van der Waals surface area contributed by atoms with Crippen LogP contribution in [-0.4, -0.2) is 54.4 Å². The van der Waals surface area contributed by atoms with Crippen molar-refractivity contribution in [1.29, 1.82) is 0 Å². The molecule has 7 nitrogen and oxygen atoms in total. The highest BCUT2D eigenvalue weighted by molar-refractivity contribution is 14.0. The van der Waals surface area contributed by atoms with E-state index in [2.05, 4.69) is 20.3 Å². The Kier molecular flexibility index (Phi) is 10.9. The van der Waals surface area contributed by atoms with Gasteiger partial charge in [-0.15, -0.1) is 24.0 Å². The van der Waals surface area contributed by atoms with Crippen LogP contribution in [0, 0.1) is 0 Å². The van der Waals surface area contributed by atoms with E-state index in [1.807, 2.05) is 24.3 Å². The van der Waals surface area contributed by atoms with Crippen LogP contribution in [0.2, 0.25) is 0 Å².